The molecule has 1 saturated carbocycles. The van der Waals surface area contributed by atoms with Gasteiger partial charge in [0.2, 0.25) is 10.3 Å². The molecule has 2 aliphatic rings. The lowest BCUT2D eigenvalue weighted by atomic mass is 10.2. The second kappa shape index (κ2) is 7.66. The molecule has 0 bridgehead atoms. The minimum Gasteiger partial charge on any atom is -0.347 e. The molecule has 1 saturated heterocycles. The average molecular weight is 346 g/mol. The van der Waals surface area contributed by atoms with Crippen LogP contribution in [0.25, 0.3) is 5.13 Å². The first kappa shape index (κ1) is 16.1. The molecule has 0 unspecified atom stereocenters. The van der Waals surface area contributed by atoms with Crippen LogP contribution in [0.1, 0.15) is 57.1 Å². The van der Waals surface area contributed by atoms with Crippen LogP contribution in [-0.4, -0.2) is 33.9 Å². The fraction of sp³-hybridized carbons (Fsp3) is 0.667. The predicted molar refractivity (Wildman–Crippen MR) is 99.0 cm³/mol. The lowest BCUT2D eigenvalue weighted by molar-refractivity contribution is 0.516. The summed E-state index contributed by atoms with van der Waals surface area (Å²) in [7, 11) is 0. The highest BCUT2D eigenvalue weighted by atomic mass is 32.1. The monoisotopic (exact) mass is 345 g/mol. The third-order valence-electron chi connectivity index (χ3n) is 5.25. The number of anilines is 1. The number of nitrogens with zero attached hydrogens (tertiary/aromatic N) is 4. The Morgan fingerprint density at radius 3 is 2.54 bits per heavy atom. The first-order valence-electron chi connectivity index (χ1n) is 9.38. The Morgan fingerprint density at radius 1 is 1.00 bits per heavy atom. The second-order valence-corrected chi connectivity index (χ2v) is 7.93. The van der Waals surface area contributed by atoms with Crippen molar-refractivity contribution in [3.8, 4) is 5.13 Å². The van der Waals surface area contributed by atoms with Crippen molar-refractivity contribution in [3.05, 3.63) is 24.0 Å². The molecule has 3 heterocycles. The fourth-order valence-corrected chi connectivity index (χ4v) is 4.74. The van der Waals surface area contributed by atoms with Crippen molar-refractivity contribution >= 4 is 16.5 Å². The smallest absolute Gasteiger partial charge is 0.218 e. The van der Waals surface area contributed by atoms with Crippen LogP contribution >= 0.6 is 11.3 Å². The lowest BCUT2D eigenvalue weighted by Crippen LogP contribution is -2.26. The quantitative estimate of drug-likeness (QED) is 0.897. The average Bonchev–Trinajstić information content (AvgIpc) is 3.32. The maximum atomic E-state index is 4.47. The minimum absolute atomic E-state index is 0.690. The first-order chi connectivity index (χ1) is 11.9. The van der Waals surface area contributed by atoms with Crippen molar-refractivity contribution in [2.24, 2.45) is 0 Å². The molecule has 0 spiro atoms. The van der Waals surface area contributed by atoms with E-state index in [0.29, 0.717) is 6.04 Å². The Bertz CT molecular complexity index is 635. The molecule has 0 atom stereocenters. The van der Waals surface area contributed by atoms with Crippen LogP contribution in [0.2, 0.25) is 0 Å². The van der Waals surface area contributed by atoms with Crippen LogP contribution in [0.15, 0.2) is 18.3 Å². The van der Waals surface area contributed by atoms with Crippen LogP contribution in [-0.2, 0) is 6.54 Å². The van der Waals surface area contributed by atoms with Gasteiger partial charge in [-0.1, -0.05) is 37.0 Å². The van der Waals surface area contributed by atoms with Gasteiger partial charge in [0, 0.05) is 37.6 Å². The lowest BCUT2D eigenvalue weighted by Gasteiger charge is -2.17. The fourth-order valence-electron chi connectivity index (χ4n) is 3.82. The summed E-state index contributed by atoms with van der Waals surface area (Å²) in [4.78, 5) is 2.41. The highest BCUT2D eigenvalue weighted by molar-refractivity contribution is 7.17. The van der Waals surface area contributed by atoms with Gasteiger partial charge in [-0.15, -0.1) is 10.2 Å². The molecule has 0 aromatic carbocycles. The summed E-state index contributed by atoms with van der Waals surface area (Å²) in [6.07, 6.45) is 12.7. The zero-order chi connectivity index (χ0) is 16.2. The van der Waals surface area contributed by atoms with Crippen LogP contribution in [0, 0.1) is 0 Å². The zero-order valence-corrected chi connectivity index (χ0v) is 15.1. The molecule has 0 radical (unpaired) electrons. The van der Waals surface area contributed by atoms with E-state index in [9.17, 15) is 0 Å². The Hall–Kier alpha value is -1.40. The highest BCUT2D eigenvalue weighted by Crippen LogP contribution is 2.27. The summed E-state index contributed by atoms with van der Waals surface area (Å²) in [6, 6.07) is 4.99. The number of rotatable bonds is 5. The molecule has 1 aliphatic heterocycles. The van der Waals surface area contributed by atoms with Crippen molar-refractivity contribution in [1.82, 2.24) is 20.1 Å². The number of nitrogens with one attached hydrogen (secondary N) is 1. The van der Waals surface area contributed by atoms with E-state index in [-0.39, 0.29) is 0 Å². The van der Waals surface area contributed by atoms with E-state index in [2.05, 4.69) is 43.3 Å². The summed E-state index contributed by atoms with van der Waals surface area (Å²) in [5.74, 6) is 0. The molecular weight excluding hydrogens is 318 g/mol. The number of hydrogen-bond donors (Lipinski definition) is 1. The van der Waals surface area contributed by atoms with Gasteiger partial charge in [-0.3, -0.25) is 4.57 Å². The summed E-state index contributed by atoms with van der Waals surface area (Å²) in [5.41, 5.74) is 1.28. The van der Waals surface area contributed by atoms with Crippen LogP contribution in [0.3, 0.4) is 0 Å². The molecule has 5 nitrogen and oxygen atoms in total. The number of hydrogen-bond acceptors (Lipinski definition) is 5. The molecular formula is C18H27N5S. The molecule has 1 N–H and O–H groups in total. The molecule has 0 amide bonds. The van der Waals surface area contributed by atoms with Gasteiger partial charge in [-0.25, -0.2) is 0 Å². The van der Waals surface area contributed by atoms with E-state index in [0.717, 1.165) is 29.9 Å². The maximum absolute atomic E-state index is 4.47. The number of aromatic nitrogens is 3. The third kappa shape index (κ3) is 3.64. The second-order valence-electron chi connectivity index (χ2n) is 7.00. The van der Waals surface area contributed by atoms with Gasteiger partial charge in [0.05, 0.1) is 0 Å². The Balaban J connectivity index is 1.45. The standard InChI is InChI=1S/C18H27N5S/c1-2-6-12-22(11-5-1)17-20-21-18(24-17)23-13-7-10-16(23)14-19-15-8-3-4-9-15/h7,10,13,15,19H,1-6,8-9,11-12,14H2. The van der Waals surface area contributed by atoms with Gasteiger partial charge >= 0.3 is 0 Å². The van der Waals surface area contributed by atoms with Crippen LogP contribution in [0.4, 0.5) is 5.13 Å². The van der Waals surface area contributed by atoms with Gasteiger partial charge in [-0.2, -0.15) is 0 Å². The SMILES string of the molecule is c1cc(CNC2CCCC2)n(-c2nnc(N3CCCCCC3)s2)c1. The Kier molecular flexibility index (Phi) is 5.13. The summed E-state index contributed by atoms with van der Waals surface area (Å²) < 4.78 is 2.20. The van der Waals surface area contributed by atoms with E-state index in [1.807, 2.05) is 0 Å². The highest BCUT2D eigenvalue weighted by Gasteiger charge is 2.18. The molecule has 2 aromatic heterocycles. The maximum Gasteiger partial charge on any atom is 0.218 e. The van der Waals surface area contributed by atoms with Gasteiger partial charge < -0.3 is 10.2 Å². The van der Waals surface area contributed by atoms with E-state index < -0.39 is 0 Å². The van der Waals surface area contributed by atoms with E-state index in [4.69, 9.17) is 0 Å². The topological polar surface area (TPSA) is 46.0 Å². The van der Waals surface area contributed by atoms with Crippen LogP contribution < -0.4 is 10.2 Å². The van der Waals surface area contributed by atoms with Gasteiger partial charge in [0.25, 0.3) is 0 Å². The Morgan fingerprint density at radius 2 is 1.75 bits per heavy atom. The van der Waals surface area contributed by atoms with Crippen molar-refractivity contribution in [2.45, 2.75) is 64.0 Å². The summed E-state index contributed by atoms with van der Waals surface area (Å²) >= 11 is 1.72. The molecule has 24 heavy (non-hydrogen) atoms. The van der Waals surface area contributed by atoms with Gasteiger partial charge in [0.15, 0.2) is 0 Å². The molecule has 6 heteroatoms. The van der Waals surface area contributed by atoms with Crippen LogP contribution in [0.5, 0.6) is 0 Å². The minimum atomic E-state index is 0.690. The summed E-state index contributed by atoms with van der Waals surface area (Å²) in [6.45, 7) is 3.16. The van der Waals surface area contributed by atoms with E-state index >= 15 is 0 Å². The predicted octanol–water partition coefficient (Wildman–Crippen LogP) is 3.74. The third-order valence-corrected chi connectivity index (χ3v) is 6.23. The van der Waals surface area contributed by atoms with Crippen molar-refractivity contribution in [2.75, 3.05) is 18.0 Å². The van der Waals surface area contributed by atoms with E-state index in [1.54, 1.807) is 11.3 Å². The van der Waals surface area contributed by atoms with Crippen molar-refractivity contribution in [3.63, 3.8) is 0 Å². The zero-order valence-electron chi connectivity index (χ0n) is 14.3. The first-order valence-corrected chi connectivity index (χ1v) is 10.2. The van der Waals surface area contributed by atoms with Crippen molar-refractivity contribution in [1.29, 1.82) is 0 Å². The summed E-state index contributed by atoms with van der Waals surface area (Å²) in [5, 5.41) is 14.7. The van der Waals surface area contributed by atoms with Gasteiger partial charge in [0.1, 0.15) is 0 Å². The van der Waals surface area contributed by atoms with Gasteiger partial charge in [-0.05, 0) is 37.8 Å². The molecule has 2 aromatic rings. The Labute approximate surface area is 148 Å². The van der Waals surface area contributed by atoms with E-state index in [1.165, 1.54) is 57.1 Å². The molecule has 4 rings (SSSR count). The largest absolute Gasteiger partial charge is 0.347 e. The molecule has 130 valence electrons. The molecule has 2 fully saturated rings. The normalized spacial score (nSPS) is 19.8. The molecule has 1 aliphatic carbocycles. The van der Waals surface area contributed by atoms with Crippen molar-refractivity contribution < 1.29 is 0 Å².